The van der Waals surface area contributed by atoms with Gasteiger partial charge in [0.15, 0.2) is 5.78 Å². The van der Waals surface area contributed by atoms with Gasteiger partial charge in [-0.2, -0.15) is 0 Å². The van der Waals surface area contributed by atoms with Gasteiger partial charge in [-0.1, -0.05) is 26.0 Å². The molecular formula is C12H16O2. The molecule has 0 bridgehead atoms. The lowest BCUT2D eigenvalue weighted by atomic mass is 10.0. The molecule has 2 heteroatoms. The molecule has 0 radical (unpaired) electrons. The third kappa shape index (κ3) is 3.21. The lowest BCUT2D eigenvalue weighted by Gasteiger charge is -2.07. The summed E-state index contributed by atoms with van der Waals surface area (Å²) in [6, 6.07) is 7.86. The van der Waals surface area contributed by atoms with Gasteiger partial charge in [0.05, 0.1) is 0 Å². The van der Waals surface area contributed by atoms with Crippen molar-refractivity contribution in [1.29, 1.82) is 0 Å². The van der Waals surface area contributed by atoms with Gasteiger partial charge in [-0.15, -0.1) is 0 Å². The molecule has 1 aromatic rings. The van der Waals surface area contributed by atoms with E-state index < -0.39 is 0 Å². The van der Waals surface area contributed by atoms with Crippen molar-refractivity contribution in [2.24, 2.45) is 0 Å². The van der Waals surface area contributed by atoms with Crippen molar-refractivity contribution >= 4 is 5.78 Å². The first kappa shape index (κ1) is 10.8. The third-order valence-corrected chi connectivity index (χ3v) is 1.99. The molecule has 2 nitrogen and oxygen atoms in total. The summed E-state index contributed by atoms with van der Waals surface area (Å²) in [5.41, 5.74) is 1.28. The summed E-state index contributed by atoms with van der Waals surface area (Å²) in [7, 11) is 0. The van der Waals surface area contributed by atoms with Crippen LogP contribution in [-0.4, -0.2) is 12.4 Å². The Morgan fingerprint density at radius 3 is 2.29 bits per heavy atom. The van der Waals surface area contributed by atoms with Crippen LogP contribution in [0.4, 0.5) is 0 Å². The second-order valence-electron chi connectivity index (χ2n) is 3.71. The van der Waals surface area contributed by atoms with Crippen LogP contribution in [0.25, 0.3) is 0 Å². The van der Waals surface area contributed by atoms with Gasteiger partial charge >= 0.3 is 0 Å². The first-order chi connectivity index (χ1) is 6.59. The number of carbonyl (C=O) groups is 1. The summed E-state index contributed by atoms with van der Waals surface area (Å²) in [6.07, 6.45) is 0. The molecule has 0 aromatic heterocycles. The molecule has 1 rings (SSSR count). The van der Waals surface area contributed by atoms with Crippen LogP contribution in [0.5, 0.6) is 5.75 Å². The van der Waals surface area contributed by atoms with E-state index in [0.717, 1.165) is 5.75 Å². The topological polar surface area (TPSA) is 26.3 Å². The highest BCUT2D eigenvalue weighted by Gasteiger charge is 2.00. The summed E-state index contributed by atoms with van der Waals surface area (Å²) in [5.74, 6) is 1.32. The lowest BCUT2D eigenvalue weighted by molar-refractivity contribution is -0.118. The van der Waals surface area contributed by atoms with Gasteiger partial charge in [0.25, 0.3) is 0 Å². The van der Waals surface area contributed by atoms with Gasteiger partial charge in [0.1, 0.15) is 12.4 Å². The van der Waals surface area contributed by atoms with Crippen LogP contribution in [-0.2, 0) is 4.79 Å². The van der Waals surface area contributed by atoms with Gasteiger partial charge in [-0.05, 0) is 30.5 Å². The minimum Gasteiger partial charge on any atom is -0.486 e. The van der Waals surface area contributed by atoms with E-state index in [1.807, 2.05) is 24.3 Å². The minimum atomic E-state index is 0.0398. The predicted octanol–water partition coefficient (Wildman–Crippen LogP) is 2.78. The molecular weight excluding hydrogens is 176 g/mol. The fraction of sp³-hybridized carbons (Fsp3) is 0.417. The van der Waals surface area contributed by atoms with Crippen molar-refractivity contribution in [2.75, 3.05) is 6.61 Å². The molecule has 14 heavy (non-hydrogen) atoms. The van der Waals surface area contributed by atoms with Gasteiger partial charge in [-0.3, -0.25) is 4.79 Å². The zero-order valence-corrected chi connectivity index (χ0v) is 8.91. The summed E-state index contributed by atoms with van der Waals surface area (Å²) >= 11 is 0. The highest BCUT2D eigenvalue weighted by atomic mass is 16.5. The average Bonchev–Trinajstić information content (AvgIpc) is 2.15. The number of carbonyl (C=O) groups excluding carboxylic acids is 1. The van der Waals surface area contributed by atoms with E-state index in [-0.39, 0.29) is 12.4 Å². The Bertz CT molecular complexity index is 299. The molecule has 0 aliphatic rings. The Kier molecular flexibility index (Phi) is 3.69. The summed E-state index contributed by atoms with van der Waals surface area (Å²) in [5, 5.41) is 0. The SMILES string of the molecule is CC(=O)COc1ccc(C(C)C)cc1. The molecule has 0 saturated heterocycles. The number of benzene rings is 1. The Morgan fingerprint density at radius 2 is 1.86 bits per heavy atom. The number of hydrogen-bond acceptors (Lipinski definition) is 2. The Labute approximate surface area is 84.9 Å². The molecule has 0 saturated carbocycles. The quantitative estimate of drug-likeness (QED) is 0.733. The fourth-order valence-corrected chi connectivity index (χ4v) is 1.13. The number of hydrogen-bond donors (Lipinski definition) is 0. The van der Waals surface area contributed by atoms with E-state index in [2.05, 4.69) is 13.8 Å². The van der Waals surface area contributed by atoms with Crippen LogP contribution in [0.2, 0.25) is 0 Å². The van der Waals surface area contributed by atoms with E-state index in [1.54, 1.807) is 0 Å². The molecule has 0 aliphatic carbocycles. The zero-order valence-electron chi connectivity index (χ0n) is 8.91. The molecule has 1 aromatic carbocycles. The smallest absolute Gasteiger partial charge is 0.167 e. The normalized spacial score (nSPS) is 10.3. The Morgan fingerprint density at radius 1 is 1.29 bits per heavy atom. The molecule has 0 unspecified atom stereocenters. The van der Waals surface area contributed by atoms with E-state index in [4.69, 9.17) is 4.74 Å². The maximum atomic E-state index is 10.7. The van der Waals surface area contributed by atoms with Crippen molar-refractivity contribution in [1.82, 2.24) is 0 Å². The van der Waals surface area contributed by atoms with Crippen molar-refractivity contribution in [2.45, 2.75) is 26.7 Å². The van der Waals surface area contributed by atoms with Crippen LogP contribution < -0.4 is 4.74 Å². The van der Waals surface area contributed by atoms with Crippen LogP contribution >= 0.6 is 0 Å². The Balaban J connectivity index is 2.59. The second-order valence-corrected chi connectivity index (χ2v) is 3.71. The highest BCUT2D eigenvalue weighted by Crippen LogP contribution is 2.18. The molecule has 0 N–H and O–H groups in total. The standard InChI is InChI=1S/C12H16O2/c1-9(2)11-4-6-12(7-5-11)14-8-10(3)13/h4-7,9H,8H2,1-3H3. The van der Waals surface area contributed by atoms with Crippen molar-refractivity contribution in [3.63, 3.8) is 0 Å². The minimum absolute atomic E-state index is 0.0398. The van der Waals surface area contributed by atoms with Crippen LogP contribution in [0.1, 0.15) is 32.3 Å². The summed E-state index contributed by atoms with van der Waals surface area (Å²) < 4.78 is 5.25. The number of ketones is 1. The van der Waals surface area contributed by atoms with Gasteiger partial charge in [0, 0.05) is 0 Å². The van der Waals surface area contributed by atoms with Crippen LogP contribution in [0.15, 0.2) is 24.3 Å². The molecule has 0 heterocycles. The first-order valence-corrected chi connectivity index (χ1v) is 4.82. The van der Waals surface area contributed by atoms with Gasteiger partial charge in [-0.25, -0.2) is 0 Å². The van der Waals surface area contributed by atoms with E-state index in [1.165, 1.54) is 12.5 Å². The average molecular weight is 192 g/mol. The molecule has 0 spiro atoms. The molecule has 76 valence electrons. The van der Waals surface area contributed by atoms with Gasteiger partial charge in [0.2, 0.25) is 0 Å². The van der Waals surface area contributed by atoms with Crippen LogP contribution in [0.3, 0.4) is 0 Å². The van der Waals surface area contributed by atoms with E-state index in [9.17, 15) is 4.79 Å². The fourth-order valence-electron chi connectivity index (χ4n) is 1.13. The van der Waals surface area contributed by atoms with Crippen molar-refractivity contribution < 1.29 is 9.53 Å². The second kappa shape index (κ2) is 4.80. The van der Waals surface area contributed by atoms with Gasteiger partial charge < -0.3 is 4.74 Å². The number of Topliss-reactive ketones (excluding diaryl/α,β-unsaturated/α-hetero) is 1. The molecule has 0 fully saturated rings. The number of ether oxygens (including phenoxy) is 1. The predicted molar refractivity (Wildman–Crippen MR) is 56.7 cm³/mol. The van der Waals surface area contributed by atoms with E-state index >= 15 is 0 Å². The third-order valence-electron chi connectivity index (χ3n) is 1.99. The summed E-state index contributed by atoms with van der Waals surface area (Å²) in [6.45, 7) is 5.96. The Hall–Kier alpha value is -1.31. The largest absolute Gasteiger partial charge is 0.486 e. The molecule has 0 atom stereocenters. The van der Waals surface area contributed by atoms with Crippen LogP contribution in [0, 0.1) is 0 Å². The van der Waals surface area contributed by atoms with Crippen molar-refractivity contribution in [3.05, 3.63) is 29.8 Å². The molecule has 0 aliphatic heterocycles. The monoisotopic (exact) mass is 192 g/mol. The molecule has 0 amide bonds. The lowest BCUT2D eigenvalue weighted by Crippen LogP contribution is -2.06. The summed E-state index contributed by atoms with van der Waals surface area (Å²) in [4.78, 5) is 10.7. The first-order valence-electron chi connectivity index (χ1n) is 4.82. The van der Waals surface area contributed by atoms with E-state index in [0.29, 0.717) is 5.92 Å². The van der Waals surface area contributed by atoms with Crippen molar-refractivity contribution in [3.8, 4) is 5.75 Å². The maximum absolute atomic E-state index is 10.7. The highest BCUT2D eigenvalue weighted by molar-refractivity contribution is 5.77. The number of rotatable bonds is 4. The zero-order chi connectivity index (χ0) is 10.6. The maximum Gasteiger partial charge on any atom is 0.167 e.